The summed E-state index contributed by atoms with van der Waals surface area (Å²) in [5, 5.41) is 9.99. The molecule has 1 aromatic carbocycles. The van der Waals surface area contributed by atoms with Crippen molar-refractivity contribution >= 4 is 28.6 Å². The third-order valence-corrected chi connectivity index (χ3v) is 3.72. The summed E-state index contributed by atoms with van der Waals surface area (Å²) in [4.78, 5) is 11.6. The topological polar surface area (TPSA) is 55.8 Å². The minimum atomic E-state index is -0.529. The highest BCUT2D eigenvalue weighted by molar-refractivity contribution is 14.1. The van der Waals surface area contributed by atoms with Crippen LogP contribution in [0.25, 0.3) is 0 Å². The van der Waals surface area contributed by atoms with Crippen LogP contribution in [0.15, 0.2) is 46.3 Å². The first-order chi connectivity index (χ1) is 9.99. The number of aliphatic hydroxyl groups is 1. The van der Waals surface area contributed by atoms with Crippen LogP contribution in [0.5, 0.6) is 5.75 Å². The number of carbonyl (C=O) groups excluding carboxylic acids is 1. The fourth-order valence-electron chi connectivity index (χ4n) is 1.68. The molecule has 0 spiro atoms. The lowest BCUT2D eigenvalue weighted by Gasteiger charge is -2.17. The predicted octanol–water partition coefficient (Wildman–Crippen LogP) is 3.95. The predicted molar refractivity (Wildman–Crippen MR) is 90.7 cm³/mol. The molecule has 0 aromatic heterocycles. The number of rotatable bonds is 7. The van der Waals surface area contributed by atoms with Gasteiger partial charge < -0.3 is 14.6 Å². The highest BCUT2D eigenvalue weighted by Crippen LogP contribution is 2.24. The van der Waals surface area contributed by atoms with Crippen LogP contribution in [-0.4, -0.2) is 23.8 Å². The van der Waals surface area contributed by atoms with Crippen molar-refractivity contribution in [2.75, 3.05) is 6.61 Å². The zero-order valence-electron chi connectivity index (χ0n) is 12.1. The van der Waals surface area contributed by atoms with Gasteiger partial charge in [0.15, 0.2) is 6.10 Å². The number of hydrogen-bond acceptors (Lipinski definition) is 4. The van der Waals surface area contributed by atoms with Gasteiger partial charge in [0.05, 0.1) is 16.6 Å². The molecule has 1 atom stereocenters. The molecule has 0 saturated carbocycles. The molecule has 0 aliphatic carbocycles. The second kappa shape index (κ2) is 8.71. The number of hydrogen-bond donors (Lipinski definition) is 1. The maximum Gasteiger partial charge on any atom is 0.310 e. The van der Waals surface area contributed by atoms with E-state index in [0.29, 0.717) is 15.9 Å². The van der Waals surface area contributed by atoms with Gasteiger partial charge in [0, 0.05) is 5.56 Å². The van der Waals surface area contributed by atoms with Crippen LogP contribution in [0.4, 0.5) is 0 Å². The van der Waals surface area contributed by atoms with E-state index in [9.17, 15) is 9.90 Å². The van der Waals surface area contributed by atoms with E-state index >= 15 is 0 Å². The molecule has 0 amide bonds. The van der Waals surface area contributed by atoms with E-state index in [2.05, 4.69) is 6.58 Å². The Morgan fingerprint density at radius 1 is 1.48 bits per heavy atom. The van der Waals surface area contributed by atoms with Gasteiger partial charge in [-0.25, -0.2) is 0 Å². The molecule has 1 unspecified atom stereocenters. The van der Waals surface area contributed by atoms with Crippen molar-refractivity contribution in [3.8, 4) is 5.75 Å². The third kappa shape index (κ3) is 5.41. The van der Waals surface area contributed by atoms with Crippen molar-refractivity contribution in [1.82, 2.24) is 0 Å². The van der Waals surface area contributed by atoms with Gasteiger partial charge in [-0.1, -0.05) is 30.9 Å². The molecule has 0 aliphatic heterocycles. The number of halogens is 1. The van der Waals surface area contributed by atoms with Gasteiger partial charge in [-0.05, 0) is 42.5 Å². The van der Waals surface area contributed by atoms with Crippen LogP contribution < -0.4 is 4.74 Å². The molecule has 1 rings (SSSR count). The van der Waals surface area contributed by atoms with E-state index in [-0.39, 0.29) is 18.1 Å². The minimum Gasteiger partial charge on any atom is -0.507 e. The molecule has 114 valence electrons. The summed E-state index contributed by atoms with van der Waals surface area (Å²) >= 11 is 1.99. The van der Waals surface area contributed by atoms with Gasteiger partial charge in [-0.3, -0.25) is 4.79 Å². The SMILES string of the molecule is C=C/C(I)=C(/O)C(C)Oc1ccccc1CC(=O)OCC. The summed E-state index contributed by atoms with van der Waals surface area (Å²) in [6.45, 7) is 7.45. The largest absolute Gasteiger partial charge is 0.507 e. The molecule has 5 heteroatoms. The number of aliphatic hydroxyl groups excluding tert-OH is 1. The highest BCUT2D eigenvalue weighted by atomic mass is 127. The van der Waals surface area contributed by atoms with Crippen LogP contribution in [0.2, 0.25) is 0 Å². The maximum atomic E-state index is 11.6. The first kappa shape index (κ1) is 17.6. The monoisotopic (exact) mass is 402 g/mol. The van der Waals surface area contributed by atoms with Crippen LogP contribution in [0.1, 0.15) is 19.4 Å². The van der Waals surface area contributed by atoms with Crippen LogP contribution in [-0.2, 0) is 16.0 Å². The fourth-order valence-corrected chi connectivity index (χ4v) is 2.12. The van der Waals surface area contributed by atoms with Crippen molar-refractivity contribution in [3.63, 3.8) is 0 Å². The Labute approximate surface area is 138 Å². The van der Waals surface area contributed by atoms with Gasteiger partial charge in [0.1, 0.15) is 11.5 Å². The smallest absolute Gasteiger partial charge is 0.310 e. The molecule has 0 fully saturated rings. The lowest BCUT2D eigenvalue weighted by Crippen LogP contribution is -2.17. The molecule has 1 N–H and O–H groups in total. The summed E-state index contributed by atoms with van der Waals surface area (Å²) in [5.74, 6) is 0.357. The standard InChI is InChI=1S/C16H19IO4/c1-4-13(17)16(19)11(3)21-14-9-7-6-8-12(14)10-15(18)20-5-2/h4,6-9,11,19H,1,5,10H2,2-3H3/b16-13-. The maximum absolute atomic E-state index is 11.6. The van der Waals surface area contributed by atoms with Gasteiger partial charge >= 0.3 is 5.97 Å². The molecule has 0 bridgehead atoms. The van der Waals surface area contributed by atoms with Crippen molar-refractivity contribution in [2.24, 2.45) is 0 Å². The fraction of sp³-hybridized carbons (Fsp3) is 0.312. The summed E-state index contributed by atoms with van der Waals surface area (Å²) in [6, 6.07) is 7.21. The van der Waals surface area contributed by atoms with Crippen LogP contribution in [0, 0.1) is 0 Å². The average molecular weight is 402 g/mol. The van der Waals surface area contributed by atoms with Crippen LogP contribution in [0.3, 0.4) is 0 Å². The van der Waals surface area contributed by atoms with Gasteiger partial charge in [0.2, 0.25) is 0 Å². The molecular weight excluding hydrogens is 383 g/mol. The van der Waals surface area contributed by atoms with E-state index in [1.807, 2.05) is 34.7 Å². The first-order valence-electron chi connectivity index (χ1n) is 6.60. The van der Waals surface area contributed by atoms with Crippen LogP contribution >= 0.6 is 22.6 Å². The third-order valence-electron chi connectivity index (χ3n) is 2.73. The van der Waals surface area contributed by atoms with Crippen molar-refractivity contribution in [1.29, 1.82) is 0 Å². The number of ether oxygens (including phenoxy) is 2. The lowest BCUT2D eigenvalue weighted by atomic mass is 10.1. The lowest BCUT2D eigenvalue weighted by molar-refractivity contribution is -0.142. The molecular formula is C16H19IO4. The minimum absolute atomic E-state index is 0.108. The average Bonchev–Trinajstić information content (AvgIpc) is 2.47. The normalized spacial score (nSPS) is 13.1. The Balaban J connectivity index is 2.89. The summed E-state index contributed by atoms with van der Waals surface area (Å²) in [6.07, 6.45) is 1.17. The second-order valence-electron chi connectivity index (χ2n) is 4.29. The first-order valence-corrected chi connectivity index (χ1v) is 7.68. The number of esters is 1. The van der Waals surface area contributed by atoms with Crippen molar-refractivity contribution in [3.05, 3.63) is 51.8 Å². The van der Waals surface area contributed by atoms with E-state index in [1.54, 1.807) is 32.1 Å². The number of para-hydroxylation sites is 1. The van der Waals surface area contributed by atoms with Gasteiger partial charge in [-0.15, -0.1) is 0 Å². The van der Waals surface area contributed by atoms with E-state index in [1.165, 1.54) is 0 Å². The quantitative estimate of drug-likeness (QED) is 0.325. The van der Waals surface area contributed by atoms with E-state index in [4.69, 9.17) is 9.47 Å². The molecule has 0 heterocycles. The zero-order chi connectivity index (χ0) is 15.8. The Morgan fingerprint density at radius 2 is 2.14 bits per heavy atom. The van der Waals surface area contributed by atoms with Crippen molar-refractivity contribution < 1.29 is 19.4 Å². The molecule has 1 aromatic rings. The second-order valence-corrected chi connectivity index (χ2v) is 5.45. The van der Waals surface area contributed by atoms with Crippen molar-refractivity contribution in [2.45, 2.75) is 26.4 Å². The summed E-state index contributed by atoms with van der Waals surface area (Å²) in [5.41, 5.74) is 0.726. The Kier molecular flexibility index (Phi) is 7.28. The Bertz CT molecular complexity index is 537. The summed E-state index contributed by atoms with van der Waals surface area (Å²) < 4.78 is 11.3. The molecule has 0 radical (unpaired) electrons. The van der Waals surface area contributed by atoms with Gasteiger partial charge in [0.25, 0.3) is 0 Å². The summed E-state index contributed by atoms with van der Waals surface area (Å²) in [7, 11) is 0. The van der Waals surface area contributed by atoms with E-state index in [0.717, 1.165) is 5.56 Å². The van der Waals surface area contributed by atoms with E-state index < -0.39 is 6.10 Å². The number of allylic oxidation sites excluding steroid dienone is 2. The Hall–Kier alpha value is -1.50. The zero-order valence-corrected chi connectivity index (χ0v) is 14.3. The highest BCUT2D eigenvalue weighted by Gasteiger charge is 2.15. The number of benzene rings is 1. The Morgan fingerprint density at radius 3 is 2.76 bits per heavy atom. The molecule has 4 nitrogen and oxygen atoms in total. The van der Waals surface area contributed by atoms with Gasteiger partial charge in [-0.2, -0.15) is 0 Å². The molecule has 0 aliphatic rings. The molecule has 0 saturated heterocycles. The molecule has 21 heavy (non-hydrogen) atoms. The number of carbonyl (C=O) groups is 1.